The molecule has 0 aliphatic rings. The first-order valence-corrected chi connectivity index (χ1v) is 8.36. The summed E-state index contributed by atoms with van der Waals surface area (Å²) in [7, 11) is 0. The Balaban J connectivity index is 1.86. The Morgan fingerprint density at radius 1 is 1.32 bits per heavy atom. The van der Waals surface area contributed by atoms with E-state index >= 15 is 0 Å². The molecule has 0 aliphatic heterocycles. The molecule has 0 saturated heterocycles. The summed E-state index contributed by atoms with van der Waals surface area (Å²) in [5.74, 6) is 0.749. The van der Waals surface area contributed by atoms with Gasteiger partial charge in [-0.05, 0) is 42.3 Å². The van der Waals surface area contributed by atoms with Crippen molar-refractivity contribution >= 4 is 23.4 Å². The zero-order valence-corrected chi connectivity index (χ0v) is 13.5. The SMILES string of the molecule is CCCC(N)C(=O)Nc1ccc(SCc2cccnc2)cc1. The van der Waals surface area contributed by atoms with Gasteiger partial charge in [0.05, 0.1) is 6.04 Å². The van der Waals surface area contributed by atoms with Gasteiger partial charge in [0.1, 0.15) is 0 Å². The molecule has 0 spiro atoms. The summed E-state index contributed by atoms with van der Waals surface area (Å²) in [5.41, 5.74) is 7.77. The van der Waals surface area contributed by atoms with Gasteiger partial charge in [-0.25, -0.2) is 0 Å². The van der Waals surface area contributed by atoms with Gasteiger partial charge >= 0.3 is 0 Å². The van der Waals surface area contributed by atoms with Crippen molar-refractivity contribution in [3.63, 3.8) is 0 Å². The Bertz CT molecular complexity index is 587. The first-order valence-electron chi connectivity index (χ1n) is 7.37. The lowest BCUT2D eigenvalue weighted by Crippen LogP contribution is -2.35. The van der Waals surface area contributed by atoms with Crippen molar-refractivity contribution in [1.29, 1.82) is 0 Å². The van der Waals surface area contributed by atoms with Gasteiger partial charge in [0.2, 0.25) is 5.91 Å². The Kier molecular flexibility index (Phi) is 6.43. The van der Waals surface area contributed by atoms with Gasteiger partial charge in [-0.1, -0.05) is 19.4 Å². The summed E-state index contributed by atoms with van der Waals surface area (Å²) in [6, 6.07) is 11.4. The molecule has 1 unspecified atom stereocenters. The fourth-order valence-corrected chi connectivity index (χ4v) is 2.79. The maximum absolute atomic E-state index is 11.8. The number of amides is 1. The topological polar surface area (TPSA) is 68.0 Å². The molecule has 3 N–H and O–H groups in total. The third kappa shape index (κ3) is 5.16. The fourth-order valence-electron chi connectivity index (χ4n) is 1.96. The van der Waals surface area contributed by atoms with Gasteiger partial charge in [-0.15, -0.1) is 11.8 Å². The molecule has 0 radical (unpaired) electrons. The number of hydrogen-bond acceptors (Lipinski definition) is 4. The van der Waals surface area contributed by atoms with Gasteiger partial charge in [0.25, 0.3) is 0 Å². The average Bonchev–Trinajstić information content (AvgIpc) is 2.55. The second-order valence-corrected chi connectivity index (χ2v) is 6.11. The number of hydrogen-bond donors (Lipinski definition) is 2. The summed E-state index contributed by atoms with van der Waals surface area (Å²) in [6.45, 7) is 2.02. The molecule has 2 rings (SSSR count). The minimum Gasteiger partial charge on any atom is -0.325 e. The van der Waals surface area contributed by atoms with Crippen LogP contribution >= 0.6 is 11.8 Å². The Labute approximate surface area is 135 Å². The molecule has 0 aliphatic carbocycles. The molecule has 0 bridgehead atoms. The number of carbonyl (C=O) groups is 1. The van der Waals surface area contributed by atoms with Crippen molar-refractivity contribution in [3.05, 3.63) is 54.4 Å². The largest absolute Gasteiger partial charge is 0.325 e. The zero-order chi connectivity index (χ0) is 15.8. The molecule has 4 nitrogen and oxygen atoms in total. The lowest BCUT2D eigenvalue weighted by molar-refractivity contribution is -0.117. The summed E-state index contributed by atoms with van der Waals surface area (Å²) in [6.07, 6.45) is 5.25. The van der Waals surface area contributed by atoms with Crippen molar-refractivity contribution < 1.29 is 4.79 Å². The van der Waals surface area contributed by atoms with Crippen molar-refractivity contribution in [1.82, 2.24) is 4.98 Å². The second-order valence-electron chi connectivity index (χ2n) is 5.06. The molecular formula is C17H21N3OS. The van der Waals surface area contributed by atoms with Gasteiger partial charge in [-0.2, -0.15) is 0 Å². The number of carbonyl (C=O) groups excluding carboxylic acids is 1. The van der Waals surface area contributed by atoms with Crippen LogP contribution in [-0.2, 0) is 10.5 Å². The maximum atomic E-state index is 11.8. The van der Waals surface area contributed by atoms with E-state index in [1.54, 1.807) is 18.0 Å². The van der Waals surface area contributed by atoms with Crippen LogP contribution in [0.3, 0.4) is 0 Å². The predicted molar refractivity (Wildman–Crippen MR) is 91.8 cm³/mol. The lowest BCUT2D eigenvalue weighted by atomic mass is 10.1. The predicted octanol–water partition coefficient (Wildman–Crippen LogP) is 3.44. The number of nitrogens with one attached hydrogen (secondary N) is 1. The first-order chi connectivity index (χ1) is 10.7. The van der Waals surface area contributed by atoms with Crippen LogP contribution in [0, 0.1) is 0 Å². The Morgan fingerprint density at radius 3 is 2.73 bits per heavy atom. The molecule has 22 heavy (non-hydrogen) atoms. The number of aromatic nitrogens is 1. The third-order valence-corrected chi connectivity index (χ3v) is 4.27. The number of pyridine rings is 1. The van der Waals surface area contributed by atoms with E-state index in [2.05, 4.69) is 16.4 Å². The number of thioether (sulfide) groups is 1. The van der Waals surface area contributed by atoms with Crippen LogP contribution in [0.5, 0.6) is 0 Å². The maximum Gasteiger partial charge on any atom is 0.241 e. The molecule has 1 atom stereocenters. The van der Waals surface area contributed by atoms with E-state index in [9.17, 15) is 4.79 Å². The Morgan fingerprint density at radius 2 is 2.09 bits per heavy atom. The van der Waals surface area contributed by atoms with E-state index in [-0.39, 0.29) is 5.91 Å². The Hall–Kier alpha value is -1.85. The normalized spacial score (nSPS) is 11.9. The van der Waals surface area contributed by atoms with E-state index in [0.717, 1.165) is 22.8 Å². The van der Waals surface area contributed by atoms with Crippen LogP contribution in [0.15, 0.2) is 53.7 Å². The van der Waals surface area contributed by atoms with E-state index in [1.165, 1.54) is 5.56 Å². The third-order valence-electron chi connectivity index (χ3n) is 3.19. The van der Waals surface area contributed by atoms with Gasteiger partial charge in [-0.3, -0.25) is 9.78 Å². The van der Waals surface area contributed by atoms with Crippen molar-refractivity contribution in [2.45, 2.75) is 36.5 Å². The van der Waals surface area contributed by atoms with E-state index in [0.29, 0.717) is 6.42 Å². The number of rotatable bonds is 7. The first kappa shape index (κ1) is 16.5. The van der Waals surface area contributed by atoms with E-state index < -0.39 is 6.04 Å². The molecule has 0 fully saturated rings. The average molecular weight is 315 g/mol. The van der Waals surface area contributed by atoms with Crippen LogP contribution in [0.4, 0.5) is 5.69 Å². The van der Waals surface area contributed by atoms with Crippen molar-refractivity contribution in [3.8, 4) is 0 Å². The van der Waals surface area contributed by atoms with Crippen molar-refractivity contribution in [2.75, 3.05) is 5.32 Å². The highest BCUT2D eigenvalue weighted by Gasteiger charge is 2.12. The van der Waals surface area contributed by atoms with Gasteiger partial charge < -0.3 is 11.1 Å². The van der Waals surface area contributed by atoms with Crippen LogP contribution in [-0.4, -0.2) is 16.9 Å². The van der Waals surface area contributed by atoms with Crippen LogP contribution in [0.2, 0.25) is 0 Å². The standard InChI is InChI=1S/C17H21N3OS/c1-2-4-16(18)17(21)20-14-6-8-15(9-7-14)22-12-13-5-3-10-19-11-13/h3,5-11,16H,2,4,12,18H2,1H3,(H,20,21). The second kappa shape index (κ2) is 8.56. The molecule has 1 aromatic carbocycles. The lowest BCUT2D eigenvalue weighted by Gasteiger charge is -2.11. The van der Waals surface area contributed by atoms with E-state index in [1.807, 2.05) is 43.5 Å². The van der Waals surface area contributed by atoms with Gasteiger partial charge in [0, 0.05) is 28.7 Å². The summed E-state index contributed by atoms with van der Waals surface area (Å²) in [4.78, 5) is 17.1. The number of anilines is 1. The van der Waals surface area contributed by atoms with Crippen molar-refractivity contribution in [2.24, 2.45) is 5.73 Å². The summed E-state index contributed by atoms with van der Waals surface area (Å²) in [5, 5.41) is 2.84. The number of nitrogens with zero attached hydrogens (tertiary/aromatic N) is 1. The molecule has 1 aromatic heterocycles. The van der Waals surface area contributed by atoms with Gasteiger partial charge in [0.15, 0.2) is 0 Å². The highest BCUT2D eigenvalue weighted by Crippen LogP contribution is 2.24. The highest BCUT2D eigenvalue weighted by molar-refractivity contribution is 7.98. The van der Waals surface area contributed by atoms with E-state index in [4.69, 9.17) is 5.73 Å². The molecular weight excluding hydrogens is 294 g/mol. The molecule has 1 amide bonds. The summed E-state index contributed by atoms with van der Waals surface area (Å²) < 4.78 is 0. The summed E-state index contributed by atoms with van der Waals surface area (Å²) >= 11 is 1.74. The van der Waals surface area contributed by atoms with Crippen LogP contribution in [0.1, 0.15) is 25.3 Å². The smallest absolute Gasteiger partial charge is 0.241 e. The highest BCUT2D eigenvalue weighted by atomic mass is 32.2. The van der Waals surface area contributed by atoms with Crippen LogP contribution in [0.25, 0.3) is 0 Å². The zero-order valence-electron chi connectivity index (χ0n) is 12.7. The molecule has 2 aromatic rings. The number of nitrogens with two attached hydrogens (primary N) is 1. The molecule has 1 heterocycles. The quantitative estimate of drug-likeness (QED) is 0.768. The minimum atomic E-state index is -0.440. The minimum absolute atomic E-state index is 0.127. The van der Waals surface area contributed by atoms with Crippen LogP contribution < -0.4 is 11.1 Å². The number of benzene rings is 1. The monoisotopic (exact) mass is 315 g/mol. The fraction of sp³-hybridized carbons (Fsp3) is 0.294. The molecule has 116 valence electrons. The molecule has 5 heteroatoms. The molecule has 0 saturated carbocycles.